The van der Waals surface area contributed by atoms with Crippen molar-refractivity contribution in [2.45, 2.75) is 32.7 Å². The minimum Gasteiger partial charge on any atom is -0.322 e. The molecule has 1 atom stereocenters. The summed E-state index contributed by atoms with van der Waals surface area (Å²) in [7, 11) is 0. The second-order valence-corrected chi connectivity index (χ2v) is 8.94. The van der Waals surface area contributed by atoms with Crippen molar-refractivity contribution in [3.63, 3.8) is 0 Å². The van der Waals surface area contributed by atoms with Crippen molar-refractivity contribution in [3.8, 4) is 0 Å². The summed E-state index contributed by atoms with van der Waals surface area (Å²) in [5, 5.41) is 5.52. The molecule has 0 N–H and O–H groups in total. The van der Waals surface area contributed by atoms with Gasteiger partial charge in [0.25, 0.3) is 0 Å². The molecule has 0 saturated carbocycles. The maximum absolute atomic E-state index is 12.8. The molecule has 2 aromatic rings. The van der Waals surface area contributed by atoms with Gasteiger partial charge in [-0.1, -0.05) is 30.1 Å². The van der Waals surface area contributed by atoms with Gasteiger partial charge in [-0.05, 0) is 43.1 Å². The normalized spacial score (nSPS) is 22.0. The van der Waals surface area contributed by atoms with E-state index in [-0.39, 0.29) is 17.2 Å². The van der Waals surface area contributed by atoms with Gasteiger partial charge in [0.05, 0.1) is 11.8 Å². The molecule has 1 amide bonds. The molecule has 8 heteroatoms. The van der Waals surface area contributed by atoms with Crippen LogP contribution in [0.5, 0.6) is 0 Å². The van der Waals surface area contributed by atoms with Crippen LogP contribution < -0.4 is 0 Å². The van der Waals surface area contributed by atoms with Crippen LogP contribution in [-0.2, 0) is 6.54 Å². The second kappa shape index (κ2) is 8.09. The molecule has 154 valence electrons. The molecule has 29 heavy (non-hydrogen) atoms. The van der Waals surface area contributed by atoms with Gasteiger partial charge in [-0.2, -0.15) is 9.78 Å². The summed E-state index contributed by atoms with van der Waals surface area (Å²) in [5.74, 6) is -0.00643. The summed E-state index contributed by atoms with van der Waals surface area (Å²) in [6, 6.07) is 5.40. The molecule has 3 heterocycles. The van der Waals surface area contributed by atoms with Crippen LogP contribution in [0.25, 0.3) is 0 Å². The summed E-state index contributed by atoms with van der Waals surface area (Å²) < 4.78 is 1.29. The fourth-order valence-corrected chi connectivity index (χ4v) is 4.79. The van der Waals surface area contributed by atoms with Crippen LogP contribution in [0.4, 0.5) is 4.79 Å². The lowest BCUT2D eigenvalue weighted by atomic mass is 9.86. The molecular weight excluding hydrogens is 411 g/mol. The lowest BCUT2D eigenvalue weighted by molar-refractivity contribution is 0.0988. The molecule has 2 aliphatic rings. The van der Waals surface area contributed by atoms with Gasteiger partial charge in [-0.15, -0.1) is 0 Å². The number of rotatable bonds is 4. The second-order valence-electron chi connectivity index (χ2n) is 8.10. The van der Waals surface area contributed by atoms with Gasteiger partial charge in [-0.25, -0.2) is 4.79 Å². The van der Waals surface area contributed by atoms with Crippen molar-refractivity contribution < 1.29 is 9.59 Å². The molecule has 2 aliphatic heterocycles. The van der Waals surface area contributed by atoms with Crippen molar-refractivity contribution in [1.29, 1.82) is 0 Å². The largest absolute Gasteiger partial charge is 0.344 e. The van der Waals surface area contributed by atoms with Crippen molar-refractivity contribution >= 4 is 35.0 Å². The monoisotopic (exact) mass is 434 g/mol. The van der Waals surface area contributed by atoms with E-state index in [1.165, 1.54) is 10.9 Å². The van der Waals surface area contributed by atoms with Crippen molar-refractivity contribution in [3.05, 3.63) is 51.8 Å². The van der Waals surface area contributed by atoms with Gasteiger partial charge >= 0.3 is 6.03 Å². The molecule has 0 aliphatic carbocycles. The Morgan fingerprint density at radius 1 is 1.17 bits per heavy atom. The SMILES string of the molecule is CCC(=O)c1cnn(C(=O)N2CCC3(CCN(Cc4cc(Cl)ccc4Cl)C3)C2)c1. The first-order valence-electron chi connectivity index (χ1n) is 9.92. The van der Waals surface area contributed by atoms with Crippen LogP contribution in [0.1, 0.15) is 42.1 Å². The average Bonchev–Trinajstić information content (AvgIpc) is 3.44. The zero-order valence-electron chi connectivity index (χ0n) is 16.4. The summed E-state index contributed by atoms with van der Waals surface area (Å²) >= 11 is 12.4. The minimum atomic E-state index is -0.159. The minimum absolute atomic E-state index is 0.00643. The zero-order valence-corrected chi connectivity index (χ0v) is 17.9. The van der Waals surface area contributed by atoms with Crippen LogP contribution in [-0.4, -0.2) is 57.6 Å². The molecule has 2 fully saturated rings. The molecule has 0 radical (unpaired) electrons. The van der Waals surface area contributed by atoms with E-state index in [2.05, 4.69) is 10.00 Å². The van der Waals surface area contributed by atoms with E-state index < -0.39 is 0 Å². The van der Waals surface area contributed by atoms with E-state index in [1.807, 2.05) is 17.0 Å². The van der Waals surface area contributed by atoms with Gasteiger partial charge < -0.3 is 4.90 Å². The Kier molecular flexibility index (Phi) is 5.69. The van der Waals surface area contributed by atoms with E-state index >= 15 is 0 Å². The number of nitrogens with zero attached hydrogens (tertiary/aromatic N) is 4. The summed E-state index contributed by atoms with van der Waals surface area (Å²) in [4.78, 5) is 28.9. The summed E-state index contributed by atoms with van der Waals surface area (Å²) in [5.41, 5.74) is 1.63. The molecule has 1 unspecified atom stereocenters. The van der Waals surface area contributed by atoms with Crippen molar-refractivity contribution in [1.82, 2.24) is 19.6 Å². The number of carbonyl (C=O) groups is 2. The van der Waals surface area contributed by atoms with Gasteiger partial charge in [0.2, 0.25) is 0 Å². The van der Waals surface area contributed by atoms with E-state index in [0.29, 0.717) is 30.1 Å². The molecule has 6 nitrogen and oxygen atoms in total. The van der Waals surface area contributed by atoms with Crippen LogP contribution in [0.2, 0.25) is 10.0 Å². The first-order chi connectivity index (χ1) is 13.9. The third-order valence-electron chi connectivity index (χ3n) is 6.05. The van der Waals surface area contributed by atoms with Gasteiger partial charge in [-0.3, -0.25) is 9.69 Å². The van der Waals surface area contributed by atoms with Gasteiger partial charge in [0, 0.05) is 54.3 Å². The van der Waals surface area contributed by atoms with Crippen LogP contribution in [0.15, 0.2) is 30.6 Å². The number of benzene rings is 1. The molecule has 4 rings (SSSR count). The van der Waals surface area contributed by atoms with E-state index in [1.54, 1.807) is 19.2 Å². The topological polar surface area (TPSA) is 58.4 Å². The smallest absolute Gasteiger partial charge is 0.322 e. The fraction of sp³-hybridized carbons (Fsp3) is 0.476. The Morgan fingerprint density at radius 2 is 1.97 bits per heavy atom. The van der Waals surface area contributed by atoms with Gasteiger partial charge in [0.15, 0.2) is 5.78 Å². The molecule has 1 aromatic heterocycles. The van der Waals surface area contributed by atoms with Crippen LogP contribution >= 0.6 is 23.2 Å². The Balaban J connectivity index is 1.39. The molecular formula is C21H24Cl2N4O2. The number of carbonyl (C=O) groups excluding carboxylic acids is 2. The maximum atomic E-state index is 12.8. The molecule has 1 spiro atoms. The Morgan fingerprint density at radius 3 is 2.76 bits per heavy atom. The quantitative estimate of drug-likeness (QED) is 0.671. The lowest BCUT2D eigenvalue weighted by Gasteiger charge is -2.25. The number of ketones is 1. The number of likely N-dealkylation sites (tertiary alicyclic amines) is 2. The van der Waals surface area contributed by atoms with Crippen molar-refractivity contribution in [2.75, 3.05) is 26.2 Å². The highest BCUT2D eigenvalue weighted by atomic mass is 35.5. The standard InChI is InChI=1S/C21H24Cl2N4O2/c1-2-19(28)16-10-24-27(12-16)20(29)26-8-6-21(14-26)5-7-25(13-21)11-15-9-17(22)3-4-18(15)23/h3-4,9-10,12H,2,5-8,11,13-14H2,1H3. The lowest BCUT2D eigenvalue weighted by Crippen LogP contribution is -2.36. The maximum Gasteiger partial charge on any atom is 0.344 e. The molecule has 1 aromatic carbocycles. The summed E-state index contributed by atoms with van der Waals surface area (Å²) in [6.07, 6.45) is 5.44. The van der Waals surface area contributed by atoms with E-state index in [9.17, 15) is 9.59 Å². The number of Topliss-reactive ketones (excluding diaryl/α,β-unsaturated/α-hetero) is 1. The predicted octanol–water partition coefficient (Wildman–Crippen LogP) is 4.35. The third kappa shape index (κ3) is 4.20. The first-order valence-corrected chi connectivity index (χ1v) is 10.7. The van der Waals surface area contributed by atoms with Crippen LogP contribution in [0, 0.1) is 5.41 Å². The van der Waals surface area contributed by atoms with E-state index in [0.717, 1.165) is 43.1 Å². The first kappa shape index (κ1) is 20.4. The number of amides is 1. The summed E-state index contributed by atoms with van der Waals surface area (Å²) in [6.45, 7) is 5.88. The number of halogens is 2. The number of hydrogen-bond acceptors (Lipinski definition) is 4. The highest BCUT2D eigenvalue weighted by Crippen LogP contribution is 2.40. The number of hydrogen-bond donors (Lipinski definition) is 0. The van der Waals surface area contributed by atoms with Crippen LogP contribution in [0.3, 0.4) is 0 Å². The Labute approximate surface area is 180 Å². The highest BCUT2D eigenvalue weighted by Gasteiger charge is 2.45. The predicted molar refractivity (Wildman–Crippen MR) is 113 cm³/mol. The third-order valence-corrected chi connectivity index (χ3v) is 6.65. The Bertz CT molecular complexity index is 945. The van der Waals surface area contributed by atoms with E-state index in [4.69, 9.17) is 23.2 Å². The Hall–Kier alpha value is -1.89. The average molecular weight is 435 g/mol. The molecule has 0 bridgehead atoms. The fourth-order valence-electron chi connectivity index (χ4n) is 4.42. The highest BCUT2D eigenvalue weighted by molar-refractivity contribution is 6.33. The number of aromatic nitrogens is 2. The van der Waals surface area contributed by atoms with Crippen molar-refractivity contribution in [2.24, 2.45) is 5.41 Å². The molecule has 2 saturated heterocycles. The zero-order chi connectivity index (χ0) is 20.6. The van der Waals surface area contributed by atoms with Gasteiger partial charge in [0.1, 0.15) is 0 Å².